The van der Waals surface area contributed by atoms with E-state index in [9.17, 15) is 4.79 Å². The molecule has 3 rings (SSSR count). The van der Waals surface area contributed by atoms with Crippen molar-refractivity contribution in [3.63, 3.8) is 0 Å². The van der Waals surface area contributed by atoms with E-state index in [-0.39, 0.29) is 12.4 Å². The summed E-state index contributed by atoms with van der Waals surface area (Å²) in [6.45, 7) is 0.246. The number of fused-ring (bicyclic) bond motifs is 1. The van der Waals surface area contributed by atoms with Crippen molar-refractivity contribution < 1.29 is 19.0 Å². The molecule has 1 aliphatic heterocycles. The standard InChI is InChI=1S/C18H16O4/c1-20-14-5-3-4-12(9-14)8-13-11-22-17-10-15(21-2)6-7-16(17)18(13)19/h3-10H,11H2,1-2H3/b13-8+. The Labute approximate surface area is 128 Å². The van der Waals surface area contributed by atoms with Crippen molar-refractivity contribution in [1.82, 2.24) is 0 Å². The van der Waals surface area contributed by atoms with E-state index in [1.54, 1.807) is 32.4 Å². The number of Topliss-reactive ketones (excluding diaryl/α,β-unsaturated/α-hetero) is 1. The number of hydrogen-bond acceptors (Lipinski definition) is 4. The van der Waals surface area contributed by atoms with Crippen molar-refractivity contribution in [1.29, 1.82) is 0 Å². The second-order valence-corrected chi connectivity index (χ2v) is 4.93. The van der Waals surface area contributed by atoms with Gasteiger partial charge in [-0.1, -0.05) is 12.1 Å². The molecule has 2 aromatic rings. The van der Waals surface area contributed by atoms with Crippen LogP contribution in [0.1, 0.15) is 15.9 Å². The Morgan fingerprint density at radius 1 is 1.05 bits per heavy atom. The van der Waals surface area contributed by atoms with E-state index in [0.29, 0.717) is 22.6 Å². The van der Waals surface area contributed by atoms with Crippen molar-refractivity contribution in [3.05, 3.63) is 59.2 Å². The predicted molar refractivity (Wildman–Crippen MR) is 83.8 cm³/mol. The highest BCUT2D eigenvalue weighted by molar-refractivity contribution is 6.14. The predicted octanol–water partition coefficient (Wildman–Crippen LogP) is 3.36. The highest BCUT2D eigenvalue weighted by Gasteiger charge is 2.23. The molecule has 2 aromatic carbocycles. The van der Waals surface area contributed by atoms with Crippen LogP contribution in [0.3, 0.4) is 0 Å². The topological polar surface area (TPSA) is 44.8 Å². The first-order valence-corrected chi connectivity index (χ1v) is 6.91. The van der Waals surface area contributed by atoms with Crippen molar-refractivity contribution >= 4 is 11.9 Å². The van der Waals surface area contributed by atoms with E-state index >= 15 is 0 Å². The third-order valence-corrected chi connectivity index (χ3v) is 3.54. The van der Waals surface area contributed by atoms with Crippen molar-refractivity contribution in [3.8, 4) is 17.2 Å². The molecule has 0 amide bonds. The smallest absolute Gasteiger partial charge is 0.196 e. The van der Waals surface area contributed by atoms with Crippen LogP contribution in [0.2, 0.25) is 0 Å². The minimum atomic E-state index is -0.0216. The molecule has 4 heteroatoms. The molecule has 0 atom stereocenters. The van der Waals surface area contributed by atoms with Crippen molar-refractivity contribution in [2.24, 2.45) is 0 Å². The van der Waals surface area contributed by atoms with E-state index in [4.69, 9.17) is 14.2 Å². The van der Waals surface area contributed by atoms with Crippen LogP contribution in [-0.4, -0.2) is 26.6 Å². The summed E-state index contributed by atoms with van der Waals surface area (Å²) in [5, 5.41) is 0. The summed E-state index contributed by atoms with van der Waals surface area (Å²) >= 11 is 0. The number of ketones is 1. The van der Waals surface area contributed by atoms with Gasteiger partial charge in [0, 0.05) is 11.6 Å². The van der Waals surface area contributed by atoms with E-state index in [0.717, 1.165) is 11.3 Å². The summed E-state index contributed by atoms with van der Waals surface area (Å²) in [6.07, 6.45) is 1.83. The maximum Gasteiger partial charge on any atom is 0.196 e. The largest absolute Gasteiger partial charge is 0.497 e. The number of rotatable bonds is 3. The first-order valence-electron chi connectivity index (χ1n) is 6.91. The molecule has 112 valence electrons. The Kier molecular flexibility index (Phi) is 3.83. The van der Waals surface area contributed by atoms with Gasteiger partial charge in [0.2, 0.25) is 0 Å². The van der Waals surface area contributed by atoms with Gasteiger partial charge in [0.25, 0.3) is 0 Å². The lowest BCUT2D eigenvalue weighted by Gasteiger charge is -2.19. The van der Waals surface area contributed by atoms with Crippen LogP contribution in [0.5, 0.6) is 17.2 Å². The highest BCUT2D eigenvalue weighted by atomic mass is 16.5. The second-order valence-electron chi connectivity index (χ2n) is 4.93. The lowest BCUT2D eigenvalue weighted by molar-refractivity contribution is 0.100. The fraction of sp³-hybridized carbons (Fsp3) is 0.167. The maximum atomic E-state index is 12.6. The molecule has 0 spiro atoms. The van der Waals surface area contributed by atoms with Gasteiger partial charge in [-0.3, -0.25) is 4.79 Å². The average molecular weight is 296 g/mol. The molecular weight excluding hydrogens is 280 g/mol. The minimum absolute atomic E-state index is 0.0216. The van der Waals surface area contributed by atoms with Gasteiger partial charge in [-0.2, -0.15) is 0 Å². The monoisotopic (exact) mass is 296 g/mol. The molecule has 1 heterocycles. The molecule has 0 saturated carbocycles. The van der Waals surface area contributed by atoms with Crippen LogP contribution in [0.15, 0.2) is 48.0 Å². The lowest BCUT2D eigenvalue weighted by atomic mass is 9.98. The fourth-order valence-corrected chi connectivity index (χ4v) is 2.37. The van der Waals surface area contributed by atoms with Crippen LogP contribution < -0.4 is 14.2 Å². The minimum Gasteiger partial charge on any atom is -0.497 e. The average Bonchev–Trinajstić information content (AvgIpc) is 2.57. The first-order chi connectivity index (χ1) is 10.7. The molecule has 0 aliphatic carbocycles. The van der Waals surface area contributed by atoms with Crippen molar-refractivity contribution in [2.45, 2.75) is 0 Å². The zero-order chi connectivity index (χ0) is 15.5. The molecule has 0 fully saturated rings. The number of carbonyl (C=O) groups is 1. The zero-order valence-electron chi connectivity index (χ0n) is 12.5. The Bertz CT molecular complexity index is 747. The number of ether oxygens (including phenoxy) is 3. The fourth-order valence-electron chi connectivity index (χ4n) is 2.37. The molecule has 0 unspecified atom stereocenters. The normalized spacial score (nSPS) is 15.2. The number of benzene rings is 2. The molecule has 0 N–H and O–H groups in total. The molecule has 4 nitrogen and oxygen atoms in total. The third-order valence-electron chi connectivity index (χ3n) is 3.54. The SMILES string of the molecule is COc1cccc(/C=C2\COc3cc(OC)ccc3C2=O)c1. The maximum absolute atomic E-state index is 12.6. The van der Waals surface area contributed by atoms with Gasteiger partial charge in [0.1, 0.15) is 23.9 Å². The van der Waals surface area contributed by atoms with Gasteiger partial charge in [0.05, 0.1) is 19.8 Å². The van der Waals surface area contributed by atoms with E-state index in [2.05, 4.69) is 0 Å². The number of hydrogen-bond donors (Lipinski definition) is 0. The van der Waals surface area contributed by atoms with Gasteiger partial charge >= 0.3 is 0 Å². The van der Waals surface area contributed by atoms with Gasteiger partial charge in [-0.15, -0.1) is 0 Å². The molecule has 0 saturated heterocycles. The quantitative estimate of drug-likeness (QED) is 0.815. The Morgan fingerprint density at radius 3 is 2.59 bits per heavy atom. The summed E-state index contributed by atoms with van der Waals surface area (Å²) in [5.74, 6) is 1.97. The lowest BCUT2D eigenvalue weighted by Crippen LogP contribution is -2.19. The molecule has 0 aromatic heterocycles. The first kappa shape index (κ1) is 14.2. The summed E-state index contributed by atoms with van der Waals surface area (Å²) in [4.78, 5) is 12.6. The van der Waals surface area contributed by atoms with Crippen LogP contribution in [0, 0.1) is 0 Å². The summed E-state index contributed by atoms with van der Waals surface area (Å²) in [5.41, 5.74) is 2.08. The van der Waals surface area contributed by atoms with E-state index < -0.39 is 0 Å². The second kappa shape index (κ2) is 5.93. The summed E-state index contributed by atoms with van der Waals surface area (Å²) in [7, 11) is 3.20. The number of methoxy groups -OCH3 is 2. The van der Waals surface area contributed by atoms with Crippen LogP contribution in [0.4, 0.5) is 0 Å². The van der Waals surface area contributed by atoms with Gasteiger partial charge < -0.3 is 14.2 Å². The Balaban J connectivity index is 1.93. The molecule has 1 aliphatic rings. The van der Waals surface area contributed by atoms with Gasteiger partial charge in [0.15, 0.2) is 5.78 Å². The molecule has 22 heavy (non-hydrogen) atoms. The number of carbonyl (C=O) groups excluding carboxylic acids is 1. The van der Waals surface area contributed by atoms with Crippen molar-refractivity contribution in [2.75, 3.05) is 20.8 Å². The third kappa shape index (κ3) is 2.68. The van der Waals surface area contributed by atoms with Crippen LogP contribution >= 0.6 is 0 Å². The summed E-state index contributed by atoms with van der Waals surface area (Å²) < 4.78 is 16.0. The summed E-state index contributed by atoms with van der Waals surface area (Å²) in [6, 6.07) is 12.8. The van der Waals surface area contributed by atoms with Gasteiger partial charge in [-0.25, -0.2) is 0 Å². The Hall–Kier alpha value is -2.75. The van der Waals surface area contributed by atoms with E-state index in [1.807, 2.05) is 30.3 Å². The molecule has 0 radical (unpaired) electrons. The van der Waals surface area contributed by atoms with Crippen LogP contribution in [-0.2, 0) is 0 Å². The highest BCUT2D eigenvalue weighted by Crippen LogP contribution is 2.31. The van der Waals surface area contributed by atoms with Crippen LogP contribution in [0.25, 0.3) is 6.08 Å². The molecule has 0 bridgehead atoms. The van der Waals surface area contributed by atoms with Gasteiger partial charge in [-0.05, 0) is 35.9 Å². The zero-order valence-corrected chi connectivity index (χ0v) is 12.5. The molecular formula is C18H16O4. The van der Waals surface area contributed by atoms with E-state index in [1.165, 1.54) is 0 Å². The Morgan fingerprint density at radius 2 is 1.82 bits per heavy atom.